The average molecular weight is 368 g/mol. The summed E-state index contributed by atoms with van der Waals surface area (Å²) in [4.78, 5) is 29.7. The molecule has 0 bridgehead atoms. The van der Waals surface area contributed by atoms with Crippen molar-refractivity contribution in [2.45, 2.75) is 11.4 Å². The molecule has 0 aliphatic rings. The number of rotatable bonds is 6. The first-order valence-electron chi connectivity index (χ1n) is 7.77. The molecule has 0 saturated carbocycles. The van der Waals surface area contributed by atoms with Crippen LogP contribution in [0.4, 0.5) is 0 Å². The van der Waals surface area contributed by atoms with Gasteiger partial charge in [-0.3, -0.25) is 0 Å². The highest BCUT2D eigenvalue weighted by molar-refractivity contribution is 7.98. The highest BCUT2D eigenvalue weighted by Gasteiger charge is 2.16. The second-order valence-corrected chi connectivity index (χ2v) is 6.39. The number of nitrogens with one attached hydrogen (secondary N) is 1. The van der Waals surface area contributed by atoms with Crippen LogP contribution in [0.1, 0.15) is 32.2 Å². The summed E-state index contributed by atoms with van der Waals surface area (Å²) < 4.78 is 0. The summed E-state index contributed by atoms with van der Waals surface area (Å²) in [7, 11) is 0. The molecule has 0 amide bonds. The molecule has 0 aliphatic heterocycles. The molecule has 26 heavy (non-hydrogen) atoms. The van der Waals surface area contributed by atoms with Gasteiger partial charge in [-0.05, 0) is 29.0 Å². The van der Waals surface area contributed by atoms with E-state index in [0.717, 1.165) is 11.1 Å². The Hall–Kier alpha value is -3.06. The Balaban J connectivity index is 1.85. The number of carboxylic acids is 2. The zero-order valence-corrected chi connectivity index (χ0v) is 14.7. The number of carboxylic acid groups (broad SMARTS) is 2. The first-order chi connectivity index (χ1) is 12.5. The van der Waals surface area contributed by atoms with E-state index in [1.54, 1.807) is 30.5 Å². The molecule has 7 heteroatoms. The van der Waals surface area contributed by atoms with E-state index < -0.39 is 11.9 Å². The molecule has 0 aliphatic carbocycles. The lowest BCUT2D eigenvalue weighted by Gasteiger charge is -2.07. The number of nitrogens with zero attached hydrogens (tertiary/aromatic N) is 1. The van der Waals surface area contributed by atoms with Crippen molar-refractivity contribution in [3.63, 3.8) is 0 Å². The predicted octanol–water partition coefficient (Wildman–Crippen LogP) is 3.79. The van der Waals surface area contributed by atoms with Crippen molar-refractivity contribution in [3.8, 4) is 11.1 Å². The van der Waals surface area contributed by atoms with Gasteiger partial charge in [-0.25, -0.2) is 14.6 Å². The van der Waals surface area contributed by atoms with Gasteiger partial charge in [-0.15, -0.1) is 11.8 Å². The lowest BCUT2D eigenvalue weighted by Crippen LogP contribution is -1.99. The molecule has 0 radical (unpaired) electrons. The first kappa shape index (κ1) is 17.8. The van der Waals surface area contributed by atoms with E-state index >= 15 is 0 Å². The molecule has 0 unspecified atom stereocenters. The zero-order chi connectivity index (χ0) is 18.7. The quantitative estimate of drug-likeness (QED) is 0.572. The van der Waals surface area contributed by atoms with E-state index in [1.165, 1.54) is 11.8 Å². The van der Waals surface area contributed by atoms with Crippen LogP contribution in [0.25, 0.3) is 11.1 Å². The molecule has 3 N–H and O–H groups in total. The van der Waals surface area contributed by atoms with Crippen LogP contribution >= 0.6 is 11.8 Å². The molecule has 1 aromatic heterocycles. The maximum atomic E-state index is 11.4. The average Bonchev–Trinajstić information content (AvgIpc) is 3.05. The van der Waals surface area contributed by atoms with Crippen LogP contribution in [0.5, 0.6) is 0 Å². The molecule has 0 fully saturated rings. The van der Waals surface area contributed by atoms with Crippen molar-refractivity contribution in [2.24, 2.45) is 0 Å². The molecule has 132 valence electrons. The minimum absolute atomic E-state index is 0.0968. The summed E-state index contributed by atoms with van der Waals surface area (Å²) in [6.45, 7) is 0. The standard InChI is InChI=1S/C19H16N2O4S/c1-26-17-16(19(24)25)20-15(21-17)10-11-6-8-12(9-7-11)13-4-2-3-5-14(13)18(22)23/h2-9H,10H2,1H3,(H,20,21)(H,22,23)(H,24,25). The molecule has 0 atom stereocenters. The number of aromatic carboxylic acids is 2. The molecule has 6 nitrogen and oxygen atoms in total. The molecular weight excluding hydrogens is 352 g/mol. The largest absolute Gasteiger partial charge is 0.478 e. The van der Waals surface area contributed by atoms with E-state index in [9.17, 15) is 19.8 Å². The van der Waals surface area contributed by atoms with E-state index in [2.05, 4.69) is 9.97 Å². The fourth-order valence-electron chi connectivity index (χ4n) is 2.70. The number of imidazole rings is 1. The highest BCUT2D eigenvalue weighted by atomic mass is 32.2. The van der Waals surface area contributed by atoms with Gasteiger partial charge in [-0.1, -0.05) is 42.5 Å². The number of hydrogen-bond acceptors (Lipinski definition) is 4. The minimum atomic E-state index is -1.03. The smallest absolute Gasteiger partial charge is 0.355 e. The van der Waals surface area contributed by atoms with Crippen LogP contribution in [-0.2, 0) is 6.42 Å². The van der Waals surface area contributed by atoms with Gasteiger partial charge >= 0.3 is 11.9 Å². The molecule has 2 aromatic carbocycles. The first-order valence-corrected chi connectivity index (χ1v) is 9.00. The fourth-order valence-corrected chi connectivity index (χ4v) is 3.24. The molecule has 0 spiro atoms. The minimum Gasteiger partial charge on any atom is -0.478 e. The number of benzene rings is 2. The van der Waals surface area contributed by atoms with E-state index in [4.69, 9.17) is 0 Å². The summed E-state index contributed by atoms with van der Waals surface area (Å²) in [5.74, 6) is -1.43. The van der Waals surface area contributed by atoms with Crippen LogP contribution in [0.2, 0.25) is 0 Å². The highest BCUT2D eigenvalue weighted by Crippen LogP contribution is 2.25. The van der Waals surface area contributed by atoms with Crippen molar-refractivity contribution < 1.29 is 19.8 Å². The van der Waals surface area contributed by atoms with Gasteiger partial charge < -0.3 is 15.2 Å². The Bertz CT molecular complexity index is 964. The third kappa shape index (κ3) is 3.62. The van der Waals surface area contributed by atoms with E-state index in [0.29, 0.717) is 22.8 Å². The monoisotopic (exact) mass is 368 g/mol. The van der Waals surface area contributed by atoms with Gasteiger partial charge in [0.1, 0.15) is 10.9 Å². The van der Waals surface area contributed by atoms with Gasteiger partial charge in [0.2, 0.25) is 0 Å². The van der Waals surface area contributed by atoms with Gasteiger partial charge in [0, 0.05) is 6.42 Å². The second-order valence-electron chi connectivity index (χ2n) is 5.60. The van der Waals surface area contributed by atoms with Crippen molar-refractivity contribution in [2.75, 3.05) is 6.26 Å². The Morgan fingerprint density at radius 3 is 2.31 bits per heavy atom. The van der Waals surface area contributed by atoms with Crippen LogP contribution in [0.3, 0.4) is 0 Å². The lowest BCUT2D eigenvalue weighted by molar-refractivity contribution is 0.0680. The Labute approximate surface area is 153 Å². The van der Waals surface area contributed by atoms with Crippen molar-refractivity contribution in [3.05, 3.63) is 71.2 Å². The number of carbonyl (C=O) groups is 2. The number of aromatic amines is 1. The fraction of sp³-hybridized carbons (Fsp3) is 0.105. The van der Waals surface area contributed by atoms with Gasteiger partial charge in [0.15, 0.2) is 5.69 Å². The van der Waals surface area contributed by atoms with E-state index in [-0.39, 0.29) is 11.3 Å². The number of H-pyrrole nitrogens is 1. The topological polar surface area (TPSA) is 103 Å². The second kappa shape index (κ2) is 7.45. The Kier molecular flexibility index (Phi) is 5.09. The molecule has 3 rings (SSSR count). The van der Waals surface area contributed by atoms with Crippen LogP contribution in [0.15, 0.2) is 53.6 Å². The maximum Gasteiger partial charge on any atom is 0.355 e. The normalized spacial score (nSPS) is 10.7. The van der Waals surface area contributed by atoms with Gasteiger partial charge in [-0.2, -0.15) is 0 Å². The van der Waals surface area contributed by atoms with Crippen LogP contribution < -0.4 is 0 Å². The summed E-state index contributed by atoms with van der Waals surface area (Å²) in [5, 5.41) is 18.9. The summed E-state index contributed by atoms with van der Waals surface area (Å²) in [5.41, 5.74) is 2.76. The number of aromatic nitrogens is 2. The van der Waals surface area contributed by atoms with Crippen molar-refractivity contribution in [1.29, 1.82) is 0 Å². The van der Waals surface area contributed by atoms with Crippen molar-refractivity contribution >= 4 is 23.7 Å². The van der Waals surface area contributed by atoms with Crippen LogP contribution in [0, 0.1) is 0 Å². The number of hydrogen-bond donors (Lipinski definition) is 3. The maximum absolute atomic E-state index is 11.4. The Morgan fingerprint density at radius 1 is 1.04 bits per heavy atom. The van der Waals surface area contributed by atoms with Crippen molar-refractivity contribution in [1.82, 2.24) is 9.97 Å². The summed E-state index contributed by atoms with van der Waals surface area (Å²) in [6.07, 6.45) is 2.24. The molecule has 1 heterocycles. The van der Waals surface area contributed by atoms with Crippen LogP contribution in [-0.4, -0.2) is 38.4 Å². The summed E-state index contributed by atoms with van der Waals surface area (Å²) in [6, 6.07) is 14.3. The van der Waals surface area contributed by atoms with E-state index in [1.807, 2.05) is 24.3 Å². The molecule has 0 saturated heterocycles. The summed E-state index contributed by atoms with van der Waals surface area (Å²) >= 11 is 1.28. The molecule has 3 aromatic rings. The zero-order valence-electron chi connectivity index (χ0n) is 13.9. The lowest BCUT2D eigenvalue weighted by atomic mass is 9.98. The van der Waals surface area contributed by atoms with Gasteiger partial charge in [0.05, 0.1) is 5.56 Å². The molecular formula is C19H16N2O4S. The Morgan fingerprint density at radius 2 is 1.73 bits per heavy atom. The predicted molar refractivity (Wildman–Crippen MR) is 99.0 cm³/mol. The van der Waals surface area contributed by atoms with Gasteiger partial charge in [0.25, 0.3) is 0 Å². The third-order valence-electron chi connectivity index (χ3n) is 3.92. The number of thioether (sulfide) groups is 1. The SMILES string of the molecule is CSc1nc(Cc2ccc(-c3ccccc3C(=O)O)cc2)[nH]c1C(=O)O. The third-order valence-corrected chi connectivity index (χ3v) is 4.60.